The van der Waals surface area contributed by atoms with Crippen molar-refractivity contribution in [3.05, 3.63) is 59.5 Å². The van der Waals surface area contributed by atoms with Gasteiger partial charge in [-0.3, -0.25) is 0 Å². The van der Waals surface area contributed by atoms with E-state index in [4.69, 9.17) is 21.1 Å². The van der Waals surface area contributed by atoms with Crippen LogP contribution in [-0.2, 0) is 15.3 Å². The van der Waals surface area contributed by atoms with Gasteiger partial charge in [0.1, 0.15) is 12.5 Å². The van der Waals surface area contributed by atoms with Crippen molar-refractivity contribution in [1.29, 1.82) is 0 Å². The summed E-state index contributed by atoms with van der Waals surface area (Å²) in [6, 6.07) is 11.9. The Morgan fingerprint density at radius 2 is 1.71 bits per heavy atom. The van der Waals surface area contributed by atoms with Gasteiger partial charge in [0.15, 0.2) is 0 Å². The van der Waals surface area contributed by atoms with Crippen molar-refractivity contribution >= 4 is 22.4 Å². The minimum Gasteiger partial charge on any atom is -0.453 e. The molecule has 3 heteroatoms. The summed E-state index contributed by atoms with van der Waals surface area (Å²) in [6.45, 7) is 1.85. The third-order valence-corrected chi connectivity index (χ3v) is 3.40. The summed E-state index contributed by atoms with van der Waals surface area (Å²) in [5.41, 5.74) is 0.836. The summed E-state index contributed by atoms with van der Waals surface area (Å²) in [5, 5.41) is 2.79. The highest BCUT2D eigenvalue weighted by molar-refractivity contribution is 6.36. The monoisotopic (exact) mass is 246 g/mol. The quantitative estimate of drug-likeness (QED) is 0.751. The number of ether oxygens (including phenoxy) is 2. The van der Waals surface area contributed by atoms with Crippen LogP contribution < -0.4 is 0 Å². The molecule has 0 radical (unpaired) electrons. The number of hydrogen-bond acceptors (Lipinski definition) is 2. The van der Waals surface area contributed by atoms with Gasteiger partial charge in [0.05, 0.1) is 10.6 Å². The molecule has 0 amide bonds. The number of halogens is 1. The second-order valence-electron chi connectivity index (χ2n) is 4.10. The van der Waals surface area contributed by atoms with Crippen LogP contribution in [0.3, 0.4) is 0 Å². The molecule has 86 valence electrons. The first-order valence-corrected chi connectivity index (χ1v) is 5.77. The van der Waals surface area contributed by atoms with Crippen molar-refractivity contribution in [1.82, 2.24) is 0 Å². The fourth-order valence-corrected chi connectivity index (χ4v) is 2.46. The molecule has 3 rings (SSSR count). The minimum atomic E-state index is -0.818. The van der Waals surface area contributed by atoms with Gasteiger partial charge in [-0.2, -0.15) is 0 Å². The molecule has 1 heterocycles. The SMILES string of the molecule is CC1(c2ccc3ccccc3c2Cl)OC=CO1. The number of fused-ring (bicyclic) bond motifs is 1. The van der Waals surface area contributed by atoms with E-state index in [9.17, 15) is 0 Å². The Morgan fingerprint density at radius 3 is 2.47 bits per heavy atom. The first-order chi connectivity index (χ1) is 8.21. The van der Waals surface area contributed by atoms with Crippen molar-refractivity contribution in [3.8, 4) is 0 Å². The summed E-state index contributed by atoms with van der Waals surface area (Å²) in [6.07, 6.45) is 3.07. The van der Waals surface area contributed by atoms with Crippen LogP contribution in [-0.4, -0.2) is 0 Å². The molecule has 1 aliphatic rings. The van der Waals surface area contributed by atoms with Crippen LogP contribution >= 0.6 is 11.6 Å². The highest BCUT2D eigenvalue weighted by Gasteiger charge is 2.34. The van der Waals surface area contributed by atoms with E-state index >= 15 is 0 Å². The minimum absolute atomic E-state index is 0.675. The van der Waals surface area contributed by atoms with Crippen molar-refractivity contribution in [3.63, 3.8) is 0 Å². The second-order valence-corrected chi connectivity index (χ2v) is 4.48. The molecule has 0 spiro atoms. The number of hydrogen-bond donors (Lipinski definition) is 0. The molecule has 0 bridgehead atoms. The van der Waals surface area contributed by atoms with Crippen molar-refractivity contribution < 1.29 is 9.47 Å². The molecule has 2 nitrogen and oxygen atoms in total. The van der Waals surface area contributed by atoms with Gasteiger partial charge in [0.2, 0.25) is 0 Å². The van der Waals surface area contributed by atoms with Crippen molar-refractivity contribution in [2.24, 2.45) is 0 Å². The zero-order valence-corrected chi connectivity index (χ0v) is 10.1. The molecule has 0 fully saturated rings. The van der Waals surface area contributed by atoms with E-state index in [0.29, 0.717) is 5.02 Å². The Kier molecular flexibility index (Phi) is 2.26. The largest absolute Gasteiger partial charge is 0.453 e. The standard InChI is InChI=1S/C14H11ClO2/c1-14(16-8-9-17-14)12-7-6-10-4-2-3-5-11(10)13(12)15/h2-9H,1H3. The van der Waals surface area contributed by atoms with Gasteiger partial charge in [-0.05, 0) is 11.5 Å². The predicted octanol–water partition coefficient (Wildman–Crippen LogP) is 4.18. The molecule has 2 aromatic rings. The molecule has 0 unspecified atom stereocenters. The topological polar surface area (TPSA) is 18.5 Å². The van der Waals surface area contributed by atoms with Gasteiger partial charge in [-0.15, -0.1) is 0 Å². The van der Waals surface area contributed by atoms with E-state index in [0.717, 1.165) is 16.3 Å². The van der Waals surface area contributed by atoms with E-state index < -0.39 is 5.79 Å². The lowest BCUT2D eigenvalue weighted by Gasteiger charge is -2.24. The van der Waals surface area contributed by atoms with Gasteiger partial charge in [0.25, 0.3) is 5.79 Å². The first-order valence-electron chi connectivity index (χ1n) is 5.39. The zero-order chi connectivity index (χ0) is 11.9. The molecule has 0 aromatic heterocycles. The summed E-state index contributed by atoms with van der Waals surface area (Å²) in [7, 11) is 0. The lowest BCUT2D eigenvalue weighted by Crippen LogP contribution is -2.22. The summed E-state index contributed by atoms with van der Waals surface area (Å²) < 4.78 is 10.9. The van der Waals surface area contributed by atoms with Gasteiger partial charge < -0.3 is 9.47 Å². The molecule has 0 saturated carbocycles. The fourth-order valence-electron chi connectivity index (χ4n) is 2.05. The Balaban J connectivity index is 2.21. The second kappa shape index (κ2) is 3.67. The van der Waals surface area contributed by atoms with Crippen molar-refractivity contribution in [2.45, 2.75) is 12.7 Å². The summed E-state index contributed by atoms with van der Waals surface area (Å²) >= 11 is 6.42. The Morgan fingerprint density at radius 1 is 1.00 bits per heavy atom. The van der Waals surface area contributed by atoms with Crippen LogP contribution in [0.5, 0.6) is 0 Å². The van der Waals surface area contributed by atoms with Gasteiger partial charge in [0, 0.05) is 12.3 Å². The molecule has 0 saturated heterocycles. The van der Waals surface area contributed by atoms with Gasteiger partial charge in [-0.1, -0.05) is 41.9 Å². The van der Waals surface area contributed by atoms with Crippen LogP contribution in [0.4, 0.5) is 0 Å². The molecular weight excluding hydrogens is 236 g/mol. The van der Waals surface area contributed by atoms with E-state index in [2.05, 4.69) is 0 Å². The number of rotatable bonds is 1. The average molecular weight is 247 g/mol. The van der Waals surface area contributed by atoms with E-state index in [1.54, 1.807) is 0 Å². The molecular formula is C14H11ClO2. The van der Waals surface area contributed by atoms with E-state index in [1.165, 1.54) is 12.5 Å². The van der Waals surface area contributed by atoms with Crippen LogP contribution in [0, 0.1) is 0 Å². The van der Waals surface area contributed by atoms with Crippen LogP contribution in [0.1, 0.15) is 12.5 Å². The Bertz CT molecular complexity index is 596. The number of benzene rings is 2. The zero-order valence-electron chi connectivity index (χ0n) is 9.31. The van der Waals surface area contributed by atoms with Crippen molar-refractivity contribution in [2.75, 3.05) is 0 Å². The highest BCUT2D eigenvalue weighted by Crippen LogP contribution is 2.39. The lowest BCUT2D eigenvalue weighted by molar-refractivity contribution is -0.133. The maximum Gasteiger partial charge on any atom is 0.275 e. The fraction of sp³-hybridized carbons (Fsp3) is 0.143. The third-order valence-electron chi connectivity index (χ3n) is 2.99. The van der Waals surface area contributed by atoms with E-state index in [1.807, 2.05) is 43.3 Å². The first kappa shape index (κ1) is 10.5. The maximum atomic E-state index is 6.42. The molecule has 0 atom stereocenters. The summed E-state index contributed by atoms with van der Waals surface area (Å²) in [4.78, 5) is 0. The highest BCUT2D eigenvalue weighted by atomic mass is 35.5. The smallest absolute Gasteiger partial charge is 0.275 e. The van der Waals surface area contributed by atoms with Gasteiger partial charge in [-0.25, -0.2) is 0 Å². The maximum absolute atomic E-state index is 6.42. The molecule has 1 aliphatic heterocycles. The third kappa shape index (κ3) is 1.56. The normalized spacial score (nSPS) is 16.8. The Hall–Kier alpha value is -1.67. The van der Waals surface area contributed by atoms with Crippen LogP contribution in [0.15, 0.2) is 48.9 Å². The Labute approximate surface area is 104 Å². The van der Waals surface area contributed by atoms with Crippen LogP contribution in [0.25, 0.3) is 10.8 Å². The average Bonchev–Trinajstić information content (AvgIpc) is 2.78. The molecule has 0 aliphatic carbocycles. The van der Waals surface area contributed by atoms with Gasteiger partial charge >= 0.3 is 0 Å². The molecule has 2 aromatic carbocycles. The predicted molar refractivity (Wildman–Crippen MR) is 67.6 cm³/mol. The van der Waals surface area contributed by atoms with E-state index in [-0.39, 0.29) is 0 Å². The molecule has 17 heavy (non-hydrogen) atoms. The lowest BCUT2D eigenvalue weighted by atomic mass is 10.0. The molecule has 0 N–H and O–H groups in total. The van der Waals surface area contributed by atoms with Crippen LogP contribution in [0.2, 0.25) is 5.02 Å². The summed E-state index contributed by atoms with van der Waals surface area (Å²) in [5.74, 6) is -0.818.